The molecule has 0 saturated heterocycles. The molecule has 1 aliphatic carbocycles. The Labute approximate surface area is 150 Å². The van der Waals surface area contributed by atoms with Crippen molar-refractivity contribution in [1.29, 1.82) is 0 Å². The molecule has 1 aromatic rings. The lowest BCUT2D eigenvalue weighted by molar-refractivity contribution is -0.434. The highest BCUT2D eigenvalue weighted by Crippen LogP contribution is 2.42. The Morgan fingerprint density at radius 1 is 1.24 bits per heavy atom. The number of rotatable bonds is 5. The van der Waals surface area contributed by atoms with Crippen LogP contribution in [0.4, 0.5) is 0 Å². The maximum Gasteiger partial charge on any atom is 0.287 e. The molecule has 0 radical (unpaired) electrons. The number of nitro groups is 1. The third kappa shape index (κ3) is 3.64. The van der Waals surface area contributed by atoms with E-state index in [0.717, 1.165) is 47.9 Å². The average Bonchev–Trinajstić information content (AvgIpc) is 3.47. The van der Waals surface area contributed by atoms with E-state index in [2.05, 4.69) is 32.2 Å². The Hall–Kier alpha value is -2.06. The van der Waals surface area contributed by atoms with Gasteiger partial charge in [-0.15, -0.1) is 5.54 Å². The van der Waals surface area contributed by atoms with Gasteiger partial charge < -0.3 is 4.74 Å². The molecular weight excluding hydrogens is 330 g/mol. The summed E-state index contributed by atoms with van der Waals surface area (Å²) in [5.74, 6) is 4.36. The number of ether oxygens (including phenoxy) is 1. The van der Waals surface area contributed by atoms with Crippen molar-refractivity contribution in [3.8, 4) is 17.2 Å². The standard InChI is InChI=1S/C20H25NO3Si/c1-4-25(5-2,6-3)12-11-15-7-10-19-17(13-15)14-18(21(22)23)20(24-19)16-8-9-16/h7,10,13-14,16,20H,4-6,8-9H2,1-3H3. The highest BCUT2D eigenvalue weighted by atomic mass is 28.3. The first kappa shape index (κ1) is 17.8. The Balaban J connectivity index is 1.92. The fraction of sp³-hybridized carbons (Fsp3) is 0.500. The largest absolute Gasteiger partial charge is 0.478 e. The molecule has 2 aliphatic rings. The first-order valence-electron chi connectivity index (χ1n) is 9.21. The summed E-state index contributed by atoms with van der Waals surface area (Å²) >= 11 is 0. The molecule has 1 aromatic carbocycles. The molecule has 25 heavy (non-hydrogen) atoms. The van der Waals surface area contributed by atoms with Crippen LogP contribution in [0.25, 0.3) is 6.08 Å². The zero-order chi connectivity index (χ0) is 18.0. The predicted octanol–water partition coefficient (Wildman–Crippen LogP) is 4.87. The lowest BCUT2D eigenvalue weighted by atomic mass is 10.0. The van der Waals surface area contributed by atoms with Gasteiger partial charge in [0.25, 0.3) is 5.70 Å². The van der Waals surface area contributed by atoms with Gasteiger partial charge in [0.15, 0.2) is 6.10 Å². The van der Waals surface area contributed by atoms with Crippen molar-refractivity contribution in [2.45, 2.75) is 57.8 Å². The van der Waals surface area contributed by atoms with Gasteiger partial charge >= 0.3 is 0 Å². The van der Waals surface area contributed by atoms with Gasteiger partial charge in [-0.05, 0) is 49.2 Å². The van der Waals surface area contributed by atoms with E-state index in [0.29, 0.717) is 0 Å². The molecule has 3 rings (SSSR count). The fourth-order valence-corrected chi connectivity index (χ4v) is 5.84. The summed E-state index contributed by atoms with van der Waals surface area (Å²) in [6, 6.07) is 9.30. The Bertz CT molecular complexity index is 759. The van der Waals surface area contributed by atoms with Gasteiger partial charge in [-0.2, -0.15) is 0 Å². The van der Waals surface area contributed by atoms with Gasteiger partial charge in [0, 0.05) is 23.1 Å². The van der Waals surface area contributed by atoms with Gasteiger partial charge in [0.1, 0.15) is 13.8 Å². The maximum absolute atomic E-state index is 11.4. The molecule has 1 fully saturated rings. The van der Waals surface area contributed by atoms with E-state index in [1.54, 1.807) is 6.08 Å². The van der Waals surface area contributed by atoms with E-state index < -0.39 is 14.2 Å². The predicted molar refractivity (Wildman–Crippen MR) is 103 cm³/mol. The quantitative estimate of drug-likeness (QED) is 0.327. The second-order valence-corrected chi connectivity index (χ2v) is 12.0. The zero-order valence-electron chi connectivity index (χ0n) is 15.2. The Morgan fingerprint density at radius 2 is 1.92 bits per heavy atom. The first-order valence-corrected chi connectivity index (χ1v) is 11.8. The van der Waals surface area contributed by atoms with E-state index in [4.69, 9.17) is 4.74 Å². The summed E-state index contributed by atoms with van der Waals surface area (Å²) in [6.07, 6.45) is 3.29. The second-order valence-electron chi connectivity index (χ2n) is 7.05. The van der Waals surface area contributed by atoms with Crippen LogP contribution < -0.4 is 4.74 Å². The van der Waals surface area contributed by atoms with Crippen molar-refractivity contribution in [3.63, 3.8) is 0 Å². The fourth-order valence-electron chi connectivity index (χ4n) is 3.40. The second kappa shape index (κ2) is 7.05. The molecule has 0 bridgehead atoms. The molecule has 132 valence electrons. The number of hydrogen-bond acceptors (Lipinski definition) is 3. The van der Waals surface area contributed by atoms with Gasteiger partial charge in [-0.1, -0.05) is 26.7 Å². The normalized spacial score (nSPS) is 19.2. The summed E-state index contributed by atoms with van der Waals surface area (Å²) in [4.78, 5) is 11.1. The van der Waals surface area contributed by atoms with Crippen molar-refractivity contribution >= 4 is 14.1 Å². The van der Waals surface area contributed by atoms with Crippen LogP contribution in [0.3, 0.4) is 0 Å². The molecule has 4 nitrogen and oxygen atoms in total. The number of benzene rings is 1. The monoisotopic (exact) mass is 355 g/mol. The third-order valence-corrected chi connectivity index (χ3v) is 10.3. The molecule has 0 aromatic heterocycles. The van der Waals surface area contributed by atoms with Crippen LogP contribution in [-0.2, 0) is 0 Å². The van der Waals surface area contributed by atoms with Crippen molar-refractivity contribution < 1.29 is 9.66 Å². The summed E-state index contributed by atoms with van der Waals surface area (Å²) in [7, 11) is -1.50. The van der Waals surface area contributed by atoms with E-state index in [1.165, 1.54) is 0 Å². The third-order valence-electron chi connectivity index (χ3n) is 5.62. The summed E-state index contributed by atoms with van der Waals surface area (Å²) in [5.41, 5.74) is 5.44. The Kier molecular flexibility index (Phi) is 5.00. The highest BCUT2D eigenvalue weighted by Gasteiger charge is 2.43. The highest BCUT2D eigenvalue weighted by molar-refractivity contribution is 6.87. The molecule has 0 amide bonds. The molecule has 1 heterocycles. The molecule has 0 spiro atoms. The van der Waals surface area contributed by atoms with E-state index in [-0.39, 0.29) is 16.5 Å². The van der Waals surface area contributed by atoms with Crippen molar-refractivity contribution in [2.24, 2.45) is 5.92 Å². The van der Waals surface area contributed by atoms with E-state index in [1.807, 2.05) is 18.2 Å². The van der Waals surface area contributed by atoms with Crippen molar-refractivity contribution in [1.82, 2.24) is 0 Å². The summed E-state index contributed by atoms with van der Waals surface area (Å²) < 4.78 is 5.94. The molecule has 5 heteroatoms. The van der Waals surface area contributed by atoms with Crippen LogP contribution in [0.5, 0.6) is 5.75 Å². The van der Waals surface area contributed by atoms with Crippen LogP contribution in [0.2, 0.25) is 18.1 Å². The molecule has 1 saturated carbocycles. The van der Waals surface area contributed by atoms with Gasteiger partial charge in [0.05, 0.1) is 4.92 Å². The number of hydrogen-bond donors (Lipinski definition) is 0. The van der Waals surface area contributed by atoms with Crippen LogP contribution in [0, 0.1) is 27.5 Å². The topological polar surface area (TPSA) is 52.4 Å². The number of nitrogens with zero attached hydrogens (tertiary/aromatic N) is 1. The van der Waals surface area contributed by atoms with Crippen molar-refractivity contribution in [2.75, 3.05) is 0 Å². The smallest absolute Gasteiger partial charge is 0.287 e. The SMILES string of the molecule is CC[Si](C#Cc1ccc2c(c1)C=C([N+](=O)[O-])C(C1CC1)O2)(CC)CC. The minimum Gasteiger partial charge on any atom is -0.478 e. The minimum atomic E-state index is -1.50. The van der Waals surface area contributed by atoms with Gasteiger partial charge in [-0.25, -0.2) is 0 Å². The van der Waals surface area contributed by atoms with E-state index >= 15 is 0 Å². The van der Waals surface area contributed by atoms with Crippen LogP contribution in [0.1, 0.15) is 44.7 Å². The Morgan fingerprint density at radius 3 is 2.48 bits per heavy atom. The summed E-state index contributed by atoms with van der Waals surface area (Å²) in [6.45, 7) is 6.70. The lowest BCUT2D eigenvalue weighted by Gasteiger charge is -2.22. The summed E-state index contributed by atoms with van der Waals surface area (Å²) in [5, 5.41) is 11.4. The minimum absolute atomic E-state index is 0.180. The van der Waals surface area contributed by atoms with Crippen LogP contribution in [0.15, 0.2) is 23.9 Å². The van der Waals surface area contributed by atoms with Crippen LogP contribution >= 0.6 is 0 Å². The van der Waals surface area contributed by atoms with Crippen LogP contribution in [-0.4, -0.2) is 19.1 Å². The maximum atomic E-state index is 11.4. The van der Waals surface area contributed by atoms with E-state index in [9.17, 15) is 10.1 Å². The molecule has 1 aliphatic heterocycles. The first-order chi connectivity index (χ1) is 12.0. The van der Waals surface area contributed by atoms with Gasteiger partial charge in [-0.3, -0.25) is 10.1 Å². The molecular formula is C20H25NO3Si. The van der Waals surface area contributed by atoms with Crippen molar-refractivity contribution in [3.05, 3.63) is 45.1 Å². The lowest BCUT2D eigenvalue weighted by Crippen LogP contribution is -2.29. The average molecular weight is 356 g/mol. The zero-order valence-corrected chi connectivity index (χ0v) is 16.2. The number of fused-ring (bicyclic) bond motifs is 1. The molecule has 1 atom stereocenters. The van der Waals surface area contributed by atoms with Gasteiger partial charge in [0.2, 0.25) is 0 Å². The molecule has 1 unspecified atom stereocenters. The molecule has 0 N–H and O–H groups in total.